The first-order valence-corrected chi connectivity index (χ1v) is 15.1. The molecule has 4 amide bonds. The SMILES string of the molecule is CC(C)(C)OC(=O)/N=C(\c1ccc(C(=O)N[C@@H](CO)C(=O)c2ccc(OCC(=O)O)cc2)cc1)N(C(=O)OC(C)(C)C)C(=O)OC(C)(C)C. The minimum absolute atomic E-state index is 0.00474. The molecular weight excluding hydrogens is 642 g/mol. The Morgan fingerprint density at radius 3 is 1.59 bits per heavy atom. The van der Waals surface area contributed by atoms with Gasteiger partial charge in [0.2, 0.25) is 0 Å². The first-order chi connectivity index (χ1) is 22.5. The number of aliphatic imine (C=N–C) groups is 1. The van der Waals surface area contributed by atoms with Crippen molar-refractivity contribution in [1.29, 1.82) is 0 Å². The van der Waals surface area contributed by atoms with Gasteiger partial charge in [-0.25, -0.2) is 19.2 Å². The van der Waals surface area contributed by atoms with E-state index in [-0.39, 0.29) is 22.4 Å². The summed E-state index contributed by atoms with van der Waals surface area (Å²) in [6.07, 6.45) is -3.53. The van der Waals surface area contributed by atoms with Gasteiger partial charge in [-0.2, -0.15) is 9.89 Å². The van der Waals surface area contributed by atoms with E-state index in [1.165, 1.54) is 48.5 Å². The van der Waals surface area contributed by atoms with Crippen molar-refractivity contribution >= 4 is 41.8 Å². The highest BCUT2D eigenvalue weighted by atomic mass is 16.6. The van der Waals surface area contributed by atoms with Crippen molar-refractivity contribution in [3.05, 3.63) is 65.2 Å². The first-order valence-electron chi connectivity index (χ1n) is 15.1. The number of carbonyl (C=O) groups is 6. The summed E-state index contributed by atoms with van der Waals surface area (Å²) in [4.78, 5) is 80.8. The van der Waals surface area contributed by atoms with Gasteiger partial charge in [0, 0.05) is 16.7 Å². The van der Waals surface area contributed by atoms with Crippen LogP contribution in [0.1, 0.15) is 88.6 Å². The number of aliphatic hydroxyl groups is 1. The molecule has 0 radical (unpaired) electrons. The van der Waals surface area contributed by atoms with E-state index in [4.69, 9.17) is 24.1 Å². The van der Waals surface area contributed by atoms with Crippen LogP contribution in [0.15, 0.2) is 53.5 Å². The van der Waals surface area contributed by atoms with Crippen molar-refractivity contribution in [3.63, 3.8) is 0 Å². The van der Waals surface area contributed by atoms with Crippen LogP contribution < -0.4 is 10.1 Å². The van der Waals surface area contributed by atoms with Crippen molar-refractivity contribution in [2.75, 3.05) is 13.2 Å². The number of hydrogen-bond donors (Lipinski definition) is 3. The third-order valence-electron chi connectivity index (χ3n) is 5.67. The van der Waals surface area contributed by atoms with Gasteiger partial charge >= 0.3 is 24.2 Å². The van der Waals surface area contributed by atoms with E-state index in [0.29, 0.717) is 4.90 Å². The summed E-state index contributed by atoms with van der Waals surface area (Å²) in [6.45, 7) is 12.9. The number of carboxylic acid groups (broad SMARTS) is 1. The van der Waals surface area contributed by atoms with Gasteiger partial charge in [-0.15, -0.1) is 0 Å². The van der Waals surface area contributed by atoms with Gasteiger partial charge in [0.1, 0.15) is 28.6 Å². The number of amidine groups is 1. The topological polar surface area (TPSA) is 207 Å². The molecule has 0 heterocycles. The number of imide groups is 1. The van der Waals surface area contributed by atoms with Gasteiger partial charge < -0.3 is 34.5 Å². The molecule has 0 bridgehead atoms. The zero-order valence-electron chi connectivity index (χ0n) is 29.0. The Bertz CT molecular complexity index is 1530. The van der Waals surface area contributed by atoms with Gasteiger partial charge in [0.15, 0.2) is 18.2 Å². The van der Waals surface area contributed by atoms with Crippen LogP contribution >= 0.6 is 0 Å². The molecule has 2 rings (SSSR count). The van der Waals surface area contributed by atoms with Crippen LogP contribution in [0.25, 0.3) is 0 Å². The standard InChI is InChI=1S/C34H43N3O12/c1-32(2,3)47-29(43)36-27(37(30(44)48-33(4,5)6)31(45)49-34(7,8)9)21-10-12-22(13-11-21)28(42)35-24(18-38)26(41)20-14-16-23(17-15-20)46-19-25(39)40/h10-17,24,38H,18-19H2,1-9H3,(H,35,42)(H,39,40)/b36-27+/t24-/m0/s1. The molecule has 1 atom stereocenters. The Morgan fingerprint density at radius 2 is 1.16 bits per heavy atom. The van der Waals surface area contributed by atoms with Crippen molar-refractivity contribution in [3.8, 4) is 5.75 Å². The lowest BCUT2D eigenvalue weighted by molar-refractivity contribution is -0.139. The number of nitrogens with zero attached hydrogens (tertiary/aromatic N) is 2. The number of nitrogens with one attached hydrogen (secondary N) is 1. The fourth-order valence-electron chi connectivity index (χ4n) is 3.75. The Labute approximate surface area is 284 Å². The molecular formula is C34H43N3O12. The zero-order valence-corrected chi connectivity index (χ0v) is 29.0. The van der Waals surface area contributed by atoms with Crippen molar-refractivity contribution in [1.82, 2.24) is 10.2 Å². The monoisotopic (exact) mass is 685 g/mol. The van der Waals surface area contributed by atoms with Gasteiger partial charge in [-0.3, -0.25) is 9.59 Å². The third-order valence-corrected chi connectivity index (χ3v) is 5.67. The minimum atomic E-state index is -1.35. The number of Topliss-reactive ketones (excluding diaryl/α,β-unsaturated/α-hetero) is 1. The van der Waals surface area contributed by atoms with Crippen LogP contribution in [0.4, 0.5) is 14.4 Å². The van der Waals surface area contributed by atoms with Crippen LogP contribution in [0.2, 0.25) is 0 Å². The highest BCUT2D eigenvalue weighted by molar-refractivity contribution is 6.18. The summed E-state index contributed by atoms with van der Waals surface area (Å²) < 4.78 is 21.2. The minimum Gasteiger partial charge on any atom is -0.482 e. The highest BCUT2D eigenvalue weighted by Gasteiger charge is 2.37. The summed E-state index contributed by atoms with van der Waals surface area (Å²) >= 11 is 0. The normalized spacial score (nSPS) is 12.7. The number of ketones is 1. The predicted octanol–water partition coefficient (Wildman–Crippen LogP) is 4.98. The van der Waals surface area contributed by atoms with E-state index in [0.717, 1.165) is 0 Å². The van der Waals surface area contributed by atoms with Crippen molar-refractivity contribution in [2.45, 2.75) is 85.2 Å². The average molecular weight is 686 g/mol. The number of hydrogen-bond acceptors (Lipinski definition) is 11. The number of aliphatic carboxylic acids is 1. The molecule has 0 saturated heterocycles. The molecule has 3 N–H and O–H groups in total. The van der Waals surface area contributed by atoms with Gasteiger partial charge in [0.25, 0.3) is 5.91 Å². The van der Waals surface area contributed by atoms with Crippen LogP contribution in [0.3, 0.4) is 0 Å². The number of benzene rings is 2. The van der Waals surface area contributed by atoms with E-state index >= 15 is 0 Å². The quantitative estimate of drug-likeness (QED) is 0.138. The number of rotatable bonds is 9. The lowest BCUT2D eigenvalue weighted by atomic mass is 10.0. The molecule has 0 unspecified atom stereocenters. The highest BCUT2D eigenvalue weighted by Crippen LogP contribution is 2.20. The molecule has 49 heavy (non-hydrogen) atoms. The van der Waals surface area contributed by atoms with Crippen LogP contribution in [0.5, 0.6) is 5.75 Å². The lowest BCUT2D eigenvalue weighted by Crippen LogP contribution is -2.47. The third kappa shape index (κ3) is 13.4. The second kappa shape index (κ2) is 16.2. The van der Waals surface area contributed by atoms with E-state index in [9.17, 15) is 33.9 Å². The second-order valence-corrected chi connectivity index (χ2v) is 13.6. The van der Waals surface area contributed by atoms with Crippen LogP contribution in [-0.4, -0.2) is 92.9 Å². The van der Waals surface area contributed by atoms with Crippen LogP contribution in [-0.2, 0) is 19.0 Å². The smallest absolute Gasteiger partial charge is 0.436 e. The van der Waals surface area contributed by atoms with Crippen molar-refractivity contribution in [2.24, 2.45) is 4.99 Å². The molecule has 266 valence electrons. The fourth-order valence-corrected chi connectivity index (χ4v) is 3.75. The molecule has 2 aromatic rings. The molecule has 0 aliphatic rings. The number of carbonyl (C=O) groups excluding carboxylic acids is 5. The van der Waals surface area contributed by atoms with E-state index in [1.54, 1.807) is 62.3 Å². The average Bonchev–Trinajstić information content (AvgIpc) is 2.95. The van der Waals surface area contributed by atoms with E-state index < -0.39 is 77.8 Å². The van der Waals surface area contributed by atoms with Gasteiger partial charge in [0.05, 0.1) is 6.61 Å². The fraction of sp³-hybridized carbons (Fsp3) is 0.441. The number of carboxylic acids is 1. The van der Waals surface area contributed by atoms with E-state index in [1.807, 2.05) is 0 Å². The number of ether oxygens (including phenoxy) is 4. The summed E-state index contributed by atoms with van der Waals surface area (Å²) in [6, 6.07) is 9.27. The largest absolute Gasteiger partial charge is 0.482 e. The molecule has 15 heteroatoms. The maximum Gasteiger partial charge on any atom is 0.436 e. The van der Waals surface area contributed by atoms with Gasteiger partial charge in [-0.1, -0.05) is 12.1 Å². The molecule has 0 spiro atoms. The second-order valence-electron chi connectivity index (χ2n) is 13.6. The summed E-state index contributed by atoms with van der Waals surface area (Å²) in [5, 5.41) is 21.1. The molecule has 15 nitrogen and oxygen atoms in total. The van der Waals surface area contributed by atoms with E-state index in [2.05, 4.69) is 10.3 Å². The maximum atomic E-state index is 13.4. The Morgan fingerprint density at radius 1 is 0.714 bits per heavy atom. The van der Waals surface area contributed by atoms with Crippen LogP contribution in [0, 0.1) is 0 Å². The molecule has 0 aliphatic heterocycles. The summed E-state index contributed by atoms with van der Waals surface area (Å²) in [5.41, 5.74) is -2.97. The maximum absolute atomic E-state index is 13.4. The molecule has 2 aromatic carbocycles. The molecule has 0 saturated carbocycles. The predicted molar refractivity (Wildman–Crippen MR) is 176 cm³/mol. The lowest BCUT2D eigenvalue weighted by Gasteiger charge is -2.29. The zero-order chi connectivity index (χ0) is 37.3. The number of aliphatic hydroxyl groups excluding tert-OH is 1. The molecule has 0 fully saturated rings. The Hall–Kier alpha value is -5.31. The van der Waals surface area contributed by atoms with Gasteiger partial charge in [-0.05, 0) is 98.7 Å². The Kier molecular flexibility index (Phi) is 13.2. The van der Waals surface area contributed by atoms with Crippen molar-refractivity contribution < 1.29 is 57.9 Å². The summed E-state index contributed by atoms with van der Waals surface area (Å²) in [5.74, 6) is -2.87. The Balaban J connectivity index is 2.45. The number of amides is 4. The molecule has 0 aliphatic carbocycles. The summed E-state index contributed by atoms with van der Waals surface area (Å²) in [7, 11) is 0. The first kappa shape index (κ1) is 39.9. The molecule has 0 aromatic heterocycles.